The van der Waals surface area contributed by atoms with Crippen molar-refractivity contribution in [2.45, 2.75) is 39.3 Å². The first-order valence-electron chi connectivity index (χ1n) is 9.66. The summed E-state index contributed by atoms with van der Waals surface area (Å²) in [6.07, 6.45) is 2.04. The number of hydrogen-bond donors (Lipinski definition) is 2. The quantitative estimate of drug-likeness (QED) is 0.827. The Morgan fingerprint density at radius 2 is 2.00 bits per heavy atom. The van der Waals surface area contributed by atoms with E-state index in [0.29, 0.717) is 12.5 Å². The Bertz CT molecular complexity index is 818. The van der Waals surface area contributed by atoms with Crippen LogP contribution in [0.1, 0.15) is 39.1 Å². The molecule has 2 heterocycles. The third-order valence-corrected chi connectivity index (χ3v) is 5.18. The van der Waals surface area contributed by atoms with E-state index >= 15 is 0 Å². The molecule has 1 fully saturated rings. The summed E-state index contributed by atoms with van der Waals surface area (Å²) in [4.78, 5) is 34.7. The lowest BCUT2D eigenvalue weighted by Crippen LogP contribution is -2.51. The molecule has 7 heteroatoms. The summed E-state index contributed by atoms with van der Waals surface area (Å²) in [5, 5.41) is 2.68. The molecule has 1 aromatic carbocycles. The number of carbonyl (C=O) groups is 2. The topological polar surface area (TPSA) is 87.3 Å². The Balaban J connectivity index is 1.83. The van der Waals surface area contributed by atoms with Crippen LogP contribution in [0.25, 0.3) is 11.3 Å². The van der Waals surface area contributed by atoms with Gasteiger partial charge in [0.1, 0.15) is 11.9 Å². The van der Waals surface area contributed by atoms with Gasteiger partial charge in [0.05, 0.1) is 25.0 Å². The minimum Gasteiger partial charge on any atom is -0.453 e. The normalized spacial score (nSPS) is 20.2. The monoisotopic (exact) mass is 384 g/mol. The molecule has 0 aliphatic carbocycles. The number of hydrogen-bond acceptors (Lipinski definition) is 4. The van der Waals surface area contributed by atoms with Gasteiger partial charge in [-0.15, -0.1) is 0 Å². The molecule has 1 aromatic heterocycles. The van der Waals surface area contributed by atoms with Crippen molar-refractivity contribution in [1.29, 1.82) is 0 Å². The SMILES string of the molecule is COC(=O)NC(C(=O)N1CC(C)CC1c1ncc(-c2ccccc2)[nH]1)C(C)C. The molecule has 0 saturated carbocycles. The molecular formula is C21H28N4O3. The highest BCUT2D eigenvalue weighted by molar-refractivity contribution is 5.86. The van der Waals surface area contributed by atoms with Crippen LogP contribution >= 0.6 is 0 Å². The molecule has 2 N–H and O–H groups in total. The lowest BCUT2D eigenvalue weighted by Gasteiger charge is -2.30. The van der Waals surface area contributed by atoms with E-state index in [2.05, 4.69) is 26.9 Å². The first-order valence-corrected chi connectivity index (χ1v) is 9.66. The predicted molar refractivity (Wildman–Crippen MR) is 106 cm³/mol. The number of H-pyrrole nitrogens is 1. The summed E-state index contributed by atoms with van der Waals surface area (Å²) in [6.45, 7) is 6.58. The molecule has 1 aliphatic rings. The second kappa shape index (κ2) is 8.46. The average molecular weight is 384 g/mol. The second-order valence-electron chi connectivity index (χ2n) is 7.75. The van der Waals surface area contributed by atoms with E-state index < -0.39 is 12.1 Å². The molecular weight excluding hydrogens is 356 g/mol. The number of imidazole rings is 1. The van der Waals surface area contributed by atoms with Gasteiger partial charge in [-0.3, -0.25) is 4.79 Å². The Labute approximate surface area is 165 Å². The number of rotatable bonds is 5. The number of aromatic nitrogens is 2. The Morgan fingerprint density at radius 3 is 2.64 bits per heavy atom. The number of carbonyl (C=O) groups excluding carboxylic acids is 2. The van der Waals surface area contributed by atoms with Gasteiger partial charge in [0.2, 0.25) is 5.91 Å². The number of nitrogens with zero attached hydrogens (tertiary/aromatic N) is 2. The molecule has 1 saturated heterocycles. The average Bonchev–Trinajstić information content (AvgIpc) is 3.32. The number of benzene rings is 1. The highest BCUT2D eigenvalue weighted by Gasteiger charge is 2.40. The Kier molecular flexibility index (Phi) is 6.02. The van der Waals surface area contributed by atoms with Crippen molar-refractivity contribution in [3.05, 3.63) is 42.4 Å². The number of alkyl carbamates (subject to hydrolysis) is 1. The maximum atomic E-state index is 13.3. The highest BCUT2D eigenvalue weighted by atomic mass is 16.5. The molecule has 28 heavy (non-hydrogen) atoms. The minimum absolute atomic E-state index is 0.0559. The minimum atomic E-state index is -0.635. The van der Waals surface area contributed by atoms with Gasteiger partial charge >= 0.3 is 6.09 Å². The summed E-state index contributed by atoms with van der Waals surface area (Å²) < 4.78 is 4.69. The number of nitrogens with one attached hydrogen (secondary N) is 2. The van der Waals surface area contributed by atoms with Crippen LogP contribution < -0.4 is 5.32 Å². The van der Waals surface area contributed by atoms with Crippen molar-refractivity contribution in [3.63, 3.8) is 0 Å². The van der Waals surface area contributed by atoms with Crippen LogP contribution in [0.4, 0.5) is 4.79 Å². The molecule has 2 aromatic rings. The maximum absolute atomic E-state index is 13.3. The van der Waals surface area contributed by atoms with Crippen molar-refractivity contribution in [3.8, 4) is 11.3 Å². The van der Waals surface area contributed by atoms with Crippen LogP contribution in [0.2, 0.25) is 0 Å². The standard InChI is InChI=1S/C21H28N4O3/c1-13(2)18(24-21(27)28-4)20(26)25-12-14(3)10-17(25)19-22-11-16(23-19)15-8-6-5-7-9-15/h5-9,11,13-14,17-18H,10,12H2,1-4H3,(H,22,23)(H,24,27). The van der Waals surface area contributed by atoms with Gasteiger partial charge in [0.25, 0.3) is 0 Å². The van der Waals surface area contributed by atoms with Gasteiger partial charge in [0.15, 0.2) is 0 Å². The molecule has 0 bridgehead atoms. The lowest BCUT2D eigenvalue weighted by atomic mass is 10.0. The Hall–Kier alpha value is -2.83. The van der Waals surface area contributed by atoms with Crippen molar-refractivity contribution in [2.24, 2.45) is 11.8 Å². The van der Waals surface area contributed by atoms with Gasteiger partial charge in [-0.05, 0) is 23.8 Å². The van der Waals surface area contributed by atoms with Crippen LogP contribution in [-0.2, 0) is 9.53 Å². The smallest absolute Gasteiger partial charge is 0.407 e. The summed E-state index contributed by atoms with van der Waals surface area (Å²) in [5.74, 6) is 0.967. The Morgan fingerprint density at radius 1 is 1.29 bits per heavy atom. The van der Waals surface area contributed by atoms with Crippen molar-refractivity contribution in [2.75, 3.05) is 13.7 Å². The zero-order valence-electron chi connectivity index (χ0n) is 16.8. The van der Waals surface area contributed by atoms with Crippen molar-refractivity contribution >= 4 is 12.0 Å². The number of ether oxygens (including phenoxy) is 1. The van der Waals surface area contributed by atoms with Gasteiger partial charge in [0, 0.05) is 6.54 Å². The summed E-state index contributed by atoms with van der Waals surface area (Å²) in [5.41, 5.74) is 1.98. The third-order valence-electron chi connectivity index (χ3n) is 5.18. The molecule has 0 radical (unpaired) electrons. The second-order valence-corrected chi connectivity index (χ2v) is 7.75. The van der Waals surface area contributed by atoms with Gasteiger partial charge in [-0.2, -0.15) is 0 Å². The molecule has 2 amide bonds. The van der Waals surface area contributed by atoms with Crippen LogP contribution in [0, 0.1) is 11.8 Å². The van der Waals surface area contributed by atoms with Gasteiger partial charge in [-0.1, -0.05) is 51.1 Å². The maximum Gasteiger partial charge on any atom is 0.407 e. The van der Waals surface area contributed by atoms with Gasteiger partial charge in [-0.25, -0.2) is 9.78 Å². The van der Waals surface area contributed by atoms with E-state index in [1.165, 1.54) is 7.11 Å². The van der Waals surface area contributed by atoms with E-state index in [-0.39, 0.29) is 17.9 Å². The first-order chi connectivity index (χ1) is 13.4. The van der Waals surface area contributed by atoms with Crippen molar-refractivity contribution in [1.82, 2.24) is 20.2 Å². The fourth-order valence-corrected chi connectivity index (χ4v) is 3.70. The molecule has 7 nitrogen and oxygen atoms in total. The van der Waals surface area contributed by atoms with Crippen LogP contribution in [0.3, 0.4) is 0 Å². The van der Waals surface area contributed by atoms with Crippen LogP contribution in [0.5, 0.6) is 0 Å². The van der Waals surface area contributed by atoms with E-state index in [9.17, 15) is 9.59 Å². The predicted octanol–water partition coefficient (Wildman–Crippen LogP) is 3.37. The lowest BCUT2D eigenvalue weighted by molar-refractivity contribution is -0.135. The number of likely N-dealkylation sites (tertiary alicyclic amines) is 1. The molecule has 3 atom stereocenters. The zero-order valence-corrected chi connectivity index (χ0v) is 16.8. The molecule has 3 rings (SSSR count). The van der Waals surface area contributed by atoms with E-state index in [1.807, 2.05) is 55.3 Å². The van der Waals surface area contributed by atoms with E-state index in [1.54, 1.807) is 0 Å². The third kappa shape index (κ3) is 4.18. The molecule has 0 spiro atoms. The molecule has 150 valence electrons. The number of methoxy groups -OCH3 is 1. The van der Waals surface area contributed by atoms with Gasteiger partial charge < -0.3 is 19.9 Å². The fraction of sp³-hybridized carbons (Fsp3) is 0.476. The van der Waals surface area contributed by atoms with E-state index in [4.69, 9.17) is 0 Å². The van der Waals surface area contributed by atoms with Crippen molar-refractivity contribution < 1.29 is 14.3 Å². The fourth-order valence-electron chi connectivity index (χ4n) is 3.70. The van der Waals surface area contributed by atoms with Crippen LogP contribution in [-0.4, -0.2) is 46.6 Å². The largest absolute Gasteiger partial charge is 0.453 e. The summed E-state index contributed by atoms with van der Waals surface area (Å²) >= 11 is 0. The number of amides is 2. The van der Waals surface area contributed by atoms with Crippen LogP contribution in [0.15, 0.2) is 36.5 Å². The first kappa shape index (κ1) is 19.9. The molecule has 1 aliphatic heterocycles. The number of aromatic amines is 1. The summed E-state index contributed by atoms with van der Waals surface area (Å²) in [7, 11) is 1.30. The molecule has 3 unspecified atom stereocenters. The van der Waals surface area contributed by atoms with E-state index in [0.717, 1.165) is 23.5 Å². The zero-order chi connectivity index (χ0) is 20.3. The summed E-state index contributed by atoms with van der Waals surface area (Å²) in [6, 6.07) is 9.20. The highest BCUT2D eigenvalue weighted by Crippen LogP contribution is 2.35.